The molecular formula is C18H18BrN5O2S. The Bertz CT molecular complexity index is 976. The maximum Gasteiger partial charge on any atom is 0.333 e. The summed E-state index contributed by atoms with van der Waals surface area (Å²) in [6.07, 6.45) is 0. The van der Waals surface area contributed by atoms with E-state index in [0.29, 0.717) is 17.0 Å². The summed E-state index contributed by atoms with van der Waals surface area (Å²) in [5, 5.41) is 3.55. The van der Waals surface area contributed by atoms with E-state index in [1.807, 2.05) is 50.2 Å². The number of carbonyl (C=O) groups is 1. The average Bonchev–Trinajstić information content (AvgIpc) is 3.08. The van der Waals surface area contributed by atoms with E-state index in [4.69, 9.17) is 10.6 Å². The molecule has 0 saturated carbocycles. The highest BCUT2D eigenvalue weighted by atomic mass is 79.9. The fraction of sp³-hybridized carbons (Fsp3) is 0.167. The summed E-state index contributed by atoms with van der Waals surface area (Å²) in [5.41, 5.74) is 6.59. The number of rotatable bonds is 5. The predicted molar refractivity (Wildman–Crippen MR) is 110 cm³/mol. The molecule has 0 unspecified atom stereocenters. The van der Waals surface area contributed by atoms with E-state index in [1.54, 1.807) is 0 Å². The van der Waals surface area contributed by atoms with Crippen LogP contribution in [-0.2, 0) is 6.61 Å². The number of aryl methyl sites for hydroxylation is 2. The van der Waals surface area contributed by atoms with Crippen LogP contribution < -0.4 is 21.3 Å². The van der Waals surface area contributed by atoms with E-state index in [-0.39, 0.29) is 0 Å². The Kier molecular flexibility index (Phi) is 6.04. The van der Waals surface area contributed by atoms with Gasteiger partial charge in [0.1, 0.15) is 17.4 Å². The van der Waals surface area contributed by atoms with Crippen molar-refractivity contribution in [2.24, 2.45) is 5.84 Å². The van der Waals surface area contributed by atoms with Gasteiger partial charge in [0, 0.05) is 16.8 Å². The van der Waals surface area contributed by atoms with Crippen LogP contribution >= 0.6 is 27.5 Å². The Morgan fingerprint density at radius 2 is 2.07 bits per heavy atom. The molecule has 3 aromatic rings. The van der Waals surface area contributed by atoms with Gasteiger partial charge in [0.2, 0.25) is 4.73 Å². The number of ether oxygens (including phenoxy) is 1. The summed E-state index contributed by atoms with van der Waals surface area (Å²) in [4.78, 5) is 15.9. The minimum atomic E-state index is -0.481. The summed E-state index contributed by atoms with van der Waals surface area (Å²) in [6.45, 7) is 4.26. The van der Waals surface area contributed by atoms with Gasteiger partial charge in [-0.1, -0.05) is 12.1 Å². The second-order valence-electron chi connectivity index (χ2n) is 5.84. The molecule has 9 heteroatoms. The molecule has 0 aliphatic carbocycles. The first-order chi connectivity index (χ1) is 13.0. The number of anilines is 1. The van der Waals surface area contributed by atoms with Crippen molar-refractivity contribution < 1.29 is 9.53 Å². The van der Waals surface area contributed by atoms with Crippen LogP contribution in [0.3, 0.4) is 0 Å². The number of carbonyl (C=O) groups excluding carboxylic acids is 1. The summed E-state index contributed by atoms with van der Waals surface area (Å²) in [7, 11) is 0. The third kappa shape index (κ3) is 4.62. The number of amides is 2. The number of aromatic nitrogens is 2. The molecule has 0 aliphatic heterocycles. The number of nitrogens with one attached hydrogen (secondary N) is 2. The monoisotopic (exact) mass is 447 g/mol. The lowest BCUT2D eigenvalue weighted by molar-refractivity contribution is 0.252. The predicted octanol–water partition coefficient (Wildman–Crippen LogP) is 4.16. The van der Waals surface area contributed by atoms with Gasteiger partial charge in [0.15, 0.2) is 0 Å². The number of hydrogen-bond donors (Lipinski definition) is 3. The number of nitrogens with two attached hydrogens (primary N) is 1. The standard InChI is InChI=1S/C18H18BrN5O2S/c1-10-4-3-5-14(21-18(25)23-20)13(10)9-26-15-7-6-12(8-11(15)2)16-22-17(19)24-27-16/h3-8H,9,20H2,1-2H3,(H2,21,23,25). The first kappa shape index (κ1) is 19.3. The molecule has 27 heavy (non-hydrogen) atoms. The molecule has 0 saturated heterocycles. The molecule has 0 atom stereocenters. The molecule has 1 aromatic heterocycles. The summed E-state index contributed by atoms with van der Waals surface area (Å²) < 4.78 is 10.7. The van der Waals surface area contributed by atoms with Gasteiger partial charge in [-0.05, 0) is 76.7 Å². The van der Waals surface area contributed by atoms with Gasteiger partial charge in [0.05, 0.1) is 0 Å². The Balaban J connectivity index is 1.78. The zero-order chi connectivity index (χ0) is 19.4. The normalized spacial score (nSPS) is 10.5. The maximum atomic E-state index is 11.5. The van der Waals surface area contributed by atoms with Crippen molar-refractivity contribution in [3.05, 3.63) is 57.8 Å². The van der Waals surface area contributed by atoms with E-state index in [9.17, 15) is 4.79 Å². The number of benzene rings is 2. The van der Waals surface area contributed by atoms with Crippen molar-refractivity contribution in [1.82, 2.24) is 14.8 Å². The van der Waals surface area contributed by atoms with Crippen LogP contribution in [0.5, 0.6) is 5.75 Å². The van der Waals surface area contributed by atoms with E-state index < -0.39 is 6.03 Å². The Hall–Kier alpha value is -2.49. The van der Waals surface area contributed by atoms with Crippen LogP contribution in [-0.4, -0.2) is 15.4 Å². The summed E-state index contributed by atoms with van der Waals surface area (Å²) in [6, 6.07) is 11.0. The van der Waals surface area contributed by atoms with Crippen molar-refractivity contribution >= 4 is 39.2 Å². The molecule has 7 nitrogen and oxygen atoms in total. The van der Waals surface area contributed by atoms with Crippen molar-refractivity contribution in [3.63, 3.8) is 0 Å². The third-order valence-electron chi connectivity index (χ3n) is 3.98. The minimum Gasteiger partial charge on any atom is -0.489 e. The minimum absolute atomic E-state index is 0.317. The topological polar surface area (TPSA) is 102 Å². The number of hydrazine groups is 1. The first-order valence-electron chi connectivity index (χ1n) is 8.07. The van der Waals surface area contributed by atoms with Crippen LogP contribution in [0.25, 0.3) is 10.6 Å². The number of hydrogen-bond acceptors (Lipinski definition) is 6. The lowest BCUT2D eigenvalue weighted by Crippen LogP contribution is -2.34. The molecule has 0 radical (unpaired) electrons. The van der Waals surface area contributed by atoms with Crippen molar-refractivity contribution in [3.8, 4) is 16.3 Å². The van der Waals surface area contributed by atoms with Crippen LogP contribution in [0.2, 0.25) is 0 Å². The summed E-state index contributed by atoms with van der Waals surface area (Å²) in [5.74, 6) is 5.92. The summed E-state index contributed by atoms with van der Waals surface area (Å²) >= 11 is 4.60. The number of urea groups is 1. The molecule has 4 N–H and O–H groups in total. The van der Waals surface area contributed by atoms with Crippen LogP contribution in [0, 0.1) is 13.8 Å². The van der Waals surface area contributed by atoms with Crippen molar-refractivity contribution in [2.75, 3.05) is 5.32 Å². The van der Waals surface area contributed by atoms with Crippen LogP contribution in [0.4, 0.5) is 10.5 Å². The van der Waals surface area contributed by atoms with Crippen LogP contribution in [0.15, 0.2) is 41.1 Å². The molecule has 3 rings (SSSR count). The van der Waals surface area contributed by atoms with Crippen LogP contribution in [0.1, 0.15) is 16.7 Å². The molecule has 140 valence electrons. The Morgan fingerprint density at radius 1 is 1.26 bits per heavy atom. The highest BCUT2D eigenvalue weighted by Gasteiger charge is 2.11. The number of halogens is 1. The van der Waals surface area contributed by atoms with E-state index >= 15 is 0 Å². The fourth-order valence-corrected chi connectivity index (χ4v) is 3.66. The zero-order valence-corrected chi connectivity index (χ0v) is 17.1. The Morgan fingerprint density at radius 3 is 2.74 bits per heavy atom. The van der Waals surface area contributed by atoms with Gasteiger partial charge in [-0.2, -0.15) is 4.37 Å². The van der Waals surface area contributed by atoms with Gasteiger partial charge in [0.25, 0.3) is 0 Å². The van der Waals surface area contributed by atoms with Crippen molar-refractivity contribution in [2.45, 2.75) is 20.5 Å². The van der Waals surface area contributed by atoms with E-state index in [2.05, 4.69) is 36.0 Å². The molecular weight excluding hydrogens is 430 g/mol. The molecule has 0 spiro atoms. The lowest BCUT2D eigenvalue weighted by Gasteiger charge is -2.15. The lowest BCUT2D eigenvalue weighted by atomic mass is 10.1. The molecule has 2 aromatic carbocycles. The quantitative estimate of drug-likeness (QED) is 0.309. The van der Waals surface area contributed by atoms with Gasteiger partial charge >= 0.3 is 6.03 Å². The second-order valence-corrected chi connectivity index (χ2v) is 7.30. The molecule has 0 fully saturated rings. The van der Waals surface area contributed by atoms with E-state index in [1.165, 1.54) is 11.5 Å². The SMILES string of the molecule is Cc1cc(-c2nc(Br)ns2)ccc1OCc1c(C)cccc1NC(=O)NN. The van der Waals surface area contributed by atoms with Gasteiger partial charge < -0.3 is 10.1 Å². The molecule has 0 aliphatic rings. The largest absolute Gasteiger partial charge is 0.489 e. The molecule has 2 amide bonds. The highest BCUT2D eigenvalue weighted by Crippen LogP contribution is 2.29. The van der Waals surface area contributed by atoms with Gasteiger partial charge in [-0.3, -0.25) is 5.43 Å². The highest BCUT2D eigenvalue weighted by molar-refractivity contribution is 9.10. The Labute approximate surface area is 169 Å². The van der Waals surface area contributed by atoms with Gasteiger partial charge in [-0.15, -0.1) is 0 Å². The first-order valence-corrected chi connectivity index (χ1v) is 9.63. The maximum absolute atomic E-state index is 11.5. The molecule has 0 bridgehead atoms. The molecule has 1 heterocycles. The zero-order valence-electron chi connectivity index (χ0n) is 14.7. The average molecular weight is 448 g/mol. The van der Waals surface area contributed by atoms with Gasteiger partial charge in [-0.25, -0.2) is 15.6 Å². The third-order valence-corrected chi connectivity index (χ3v) is 5.34. The smallest absolute Gasteiger partial charge is 0.333 e. The second kappa shape index (κ2) is 8.47. The number of nitrogens with zero attached hydrogens (tertiary/aromatic N) is 2. The van der Waals surface area contributed by atoms with Crippen molar-refractivity contribution in [1.29, 1.82) is 0 Å². The van der Waals surface area contributed by atoms with E-state index in [0.717, 1.165) is 33.0 Å². The fourth-order valence-electron chi connectivity index (χ4n) is 2.59.